The molecule has 1 saturated carbocycles. The van der Waals surface area contributed by atoms with E-state index in [1.54, 1.807) is 10.9 Å². The first kappa shape index (κ1) is 15.0. The van der Waals surface area contributed by atoms with Crippen molar-refractivity contribution in [2.75, 3.05) is 6.61 Å². The van der Waals surface area contributed by atoms with Crippen LogP contribution in [0, 0.1) is 5.41 Å². The summed E-state index contributed by atoms with van der Waals surface area (Å²) >= 11 is 0. The number of carbonyl (C=O) groups is 1. The van der Waals surface area contributed by atoms with E-state index < -0.39 is 0 Å². The van der Waals surface area contributed by atoms with Gasteiger partial charge < -0.3 is 10.1 Å². The molecule has 5 heteroatoms. The first-order chi connectivity index (χ1) is 9.43. The number of aryl methyl sites for hydroxylation is 1. The molecule has 1 unspecified atom stereocenters. The molecular formula is C15H25N3O2. The quantitative estimate of drug-likeness (QED) is 0.840. The number of hydrogen-bond acceptors (Lipinski definition) is 4. The Hall–Kier alpha value is -1.36. The Labute approximate surface area is 120 Å². The molecule has 0 bridgehead atoms. The lowest BCUT2D eigenvalue weighted by molar-refractivity contribution is 0.0524. The SMILES string of the molecule is CCOC(=O)c1cnn(C)c1CNC1CCC(C)(C)C1. The van der Waals surface area contributed by atoms with Gasteiger partial charge in [0, 0.05) is 19.6 Å². The first-order valence-electron chi connectivity index (χ1n) is 7.34. The van der Waals surface area contributed by atoms with E-state index in [9.17, 15) is 4.79 Å². The zero-order chi connectivity index (χ0) is 14.8. The summed E-state index contributed by atoms with van der Waals surface area (Å²) in [6.45, 7) is 7.47. The van der Waals surface area contributed by atoms with Gasteiger partial charge in [-0.2, -0.15) is 5.10 Å². The van der Waals surface area contributed by atoms with Crippen LogP contribution in [0.15, 0.2) is 6.20 Å². The van der Waals surface area contributed by atoms with Crippen LogP contribution >= 0.6 is 0 Å². The van der Waals surface area contributed by atoms with E-state index in [0.29, 0.717) is 30.2 Å². The minimum atomic E-state index is -0.288. The van der Waals surface area contributed by atoms with Gasteiger partial charge >= 0.3 is 5.97 Å². The minimum absolute atomic E-state index is 0.288. The number of nitrogens with one attached hydrogen (secondary N) is 1. The molecule has 0 amide bonds. The van der Waals surface area contributed by atoms with E-state index >= 15 is 0 Å². The highest BCUT2D eigenvalue weighted by atomic mass is 16.5. The molecule has 1 aromatic rings. The predicted molar refractivity (Wildman–Crippen MR) is 77.4 cm³/mol. The highest BCUT2D eigenvalue weighted by Gasteiger charge is 2.30. The van der Waals surface area contributed by atoms with Crippen molar-refractivity contribution in [3.8, 4) is 0 Å². The average molecular weight is 279 g/mol. The molecule has 0 aliphatic heterocycles. The Morgan fingerprint density at radius 1 is 1.60 bits per heavy atom. The normalized spacial score (nSPS) is 21.1. The third-order valence-electron chi connectivity index (χ3n) is 4.08. The maximum absolute atomic E-state index is 11.9. The maximum atomic E-state index is 11.9. The third-order valence-corrected chi connectivity index (χ3v) is 4.08. The van der Waals surface area contributed by atoms with Gasteiger partial charge in [-0.15, -0.1) is 0 Å². The zero-order valence-electron chi connectivity index (χ0n) is 12.9. The summed E-state index contributed by atoms with van der Waals surface area (Å²) in [6.07, 6.45) is 5.22. The first-order valence-corrected chi connectivity index (χ1v) is 7.34. The summed E-state index contributed by atoms with van der Waals surface area (Å²) in [5, 5.41) is 7.72. The van der Waals surface area contributed by atoms with Gasteiger partial charge in [-0.1, -0.05) is 13.8 Å². The second kappa shape index (κ2) is 5.95. The fourth-order valence-corrected chi connectivity index (χ4v) is 2.90. The lowest BCUT2D eigenvalue weighted by Crippen LogP contribution is -2.28. The summed E-state index contributed by atoms with van der Waals surface area (Å²) in [5.41, 5.74) is 1.89. The summed E-state index contributed by atoms with van der Waals surface area (Å²) in [7, 11) is 1.86. The number of nitrogens with zero attached hydrogens (tertiary/aromatic N) is 2. The second-order valence-corrected chi connectivity index (χ2v) is 6.33. The Bertz CT molecular complexity index is 479. The summed E-state index contributed by atoms with van der Waals surface area (Å²) in [4.78, 5) is 11.9. The van der Waals surface area contributed by atoms with Crippen molar-refractivity contribution in [1.29, 1.82) is 0 Å². The lowest BCUT2D eigenvalue weighted by atomic mass is 9.92. The van der Waals surface area contributed by atoms with Crippen LogP contribution in [0.5, 0.6) is 0 Å². The molecule has 1 aliphatic rings. The van der Waals surface area contributed by atoms with E-state index in [2.05, 4.69) is 24.3 Å². The molecule has 20 heavy (non-hydrogen) atoms. The highest BCUT2D eigenvalue weighted by Crippen LogP contribution is 2.37. The number of aromatic nitrogens is 2. The van der Waals surface area contributed by atoms with Crippen molar-refractivity contribution < 1.29 is 9.53 Å². The Balaban J connectivity index is 1.99. The molecular weight excluding hydrogens is 254 g/mol. The zero-order valence-corrected chi connectivity index (χ0v) is 12.9. The number of ether oxygens (including phenoxy) is 1. The molecule has 112 valence electrons. The summed E-state index contributed by atoms with van der Waals surface area (Å²) in [6, 6.07) is 0.523. The number of esters is 1. The number of rotatable bonds is 5. The molecule has 0 aromatic carbocycles. The maximum Gasteiger partial charge on any atom is 0.341 e. The van der Waals surface area contributed by atoms with Crippen molar-refractivity contribution >= 4 is 5.97 Å². The Morgan fingerprint density at radius 3 is 2.95 bits per heavy atom. The van der Waals surface area contributed by atoms with Gasteiger partial charge in [0.15, 0.2) is 0 Å². The van der Waals surface area contributed by atoms with Crippen LogP contribution < -0.4 is 5.32 Å². The second-order valence-electron chi connectivity index (χ2n) is 6.33. The van der Waals surface area contributed by atoms with Gasteiger partial charge in [-0.25, -0.2) is 4.79 Å². The molecule has 2 rings (SSSR count). The van der Waals surface area contributed by atoms with E-state index in [-0.39, 0.29) is 5.97 Å². The van der Waals surface area contributed by atoms with Crippen molar-refractivity contribution in [1.82, 2.24) is 15.1 Å². The molecule has 1 atom stereocenters. The number of hydrogen-bond donors (Lipinski definition) is 1. The predicted octanol–water partition coefficient (Wildman–Crippen LogP) is 2.27. The molecule has 0 spiro atoms. The Morgan fingerprint density at radius 2 is 2.35 bits per heavy atom. The number of carbonyl (C=O) groups excluding carboxylic acids is 1. The standard InChI is InChI=1S/C15H25N3O2/c1-5-20-14(19)12-9-17-18(4)13(12)10-16-11-6-7-15(2,3)8-11/h9,11,16H,5-8,10H2,1-4H3. The van der Waals surface area contributed by atoms with Crippen LogP contribution in [0.25, 0.3) is 0 Å². The summed E-state index contributed by atoms with van der Waals surface area (Å²) in [5.74, 6) is -0.288. The van der Waals surface area contributed by atoms with Gasteiger partial charge in [0.2, 0.25) is 0 Å². The van der Waals surface area contributed by atoms with E-state index in [1.165, 1.54) is 19.3 Å². The molecule has 1 aliphatic carbocycles. The van der Waals surface area contributed by atoms with Crippen molar-refractivity contribution in [2.24, 2.45) is 12.5 Å². The molecule has 1 N–H and O–H groups in total. The fourth-order valence-electron chi connectivity index (χ4n) is 2.90. The van der Waals surface area contributed by atoms with Gasteiger partial charge in [0.1, 0.15) is 5.56 Å². The largest absolute Gasteiger partial charge is 0.462 e. The smallest absolute Gasteiger partial charge is 0.341 e. The third kappa shape index (κ3) is 3.39. The molecule has 1 aromatic heterocycles. The van der Waals surface area contributed by atoms with Crippen molar-refractivity contribution in [3.05, 3.63) is 17.5 Å². The monoisotopic (exact) mass is 279 g/mol. The van der Waals surface area contributed by atoms with E-state index in [0.717, 1.165) is 5.69 Å². The van der Waals surface area contributed by atoms with Gasteiger partial charge in [-0.3, -0.25) is 4.68 Å². The van der Waals surface area contributed by atoms with Crippen LogP contribution in [0.3, 0.4) is 0 Å². The van der Waals surface area contributed by atoms with Gasteiger partial charge in [0.25, 0.3) is 0 Å². The van der Waals surface area contributed by atoms with Crippen LogP contribution in [0.4, 0.5) is 0 Å². The van der Waals surface area contributed by atoms with Crippen LogP contribution in [0.1, 0.15) is 56.1 Å². The van der Waals surface area contributed by atoms with Crippen LogP contribution in [0.2, 0.25) is 0 Å². The molecule has 5 nitrogen and oxygen atoms in total. The van der Waals surface area contributed by atoms with Gasteiger partial charge in [-0.05, 0) is 31.6 Å². The molecule has 1 heterocycles. The topological polar surface area (TPSA) is 56.1 Å². The van der Waals surface area contributed by atoms with E-state index in [4.69, 9.17) is 4.74 Å². The lowest BCUT2D eigenvalue weighted by Gasteiger charge is -2.18. The highest BCUT2D eigenvalue weighted by molar-refractivity contribution is 5.90. The molecule has 0 radical (unpaired) electrons. The Kier molecular flexibility index (Phi) is 4.48. The van der Waals surface area contributed by atoms with Crippen molar-refractivity contribution in [2.45, 2.75) is 52.6 Å². The van der Waals surface area contributed by atoms with E-state index in [1.807, 2.05) is 14.0 Å². The summed E-state index contributed by atoms with van der Waals surface area (Å²) < 4.78 is 6.82. The minimum Gasteiger partial charge on any atom is -0.462 e. The van der Waals surface area contributed by atoms with Gasteiger partial charge in [0.05, 0.1) is 18.5 Å². The average Bonchev–Trinajstić information content (AvgIpc) is 2.90. The molecule has 0 saturated heterocycles. The fraction of sp³-hybridized carbons (Fsp3) is 0.733. The van der Waals surface area contributed by atoms with Crippen molar-refractivity contribution in [3.63, 3.8) is 0 Å². The van der Waals surface area contributed by atoms with Crippen LogP contribution in [-0.2, 0) is 18.3 Å². The van der Waals surface area contributed by atoms with Crippen LogP contribution in [-0.4, -0.2) is 28.4 Å². The molecule has 1 fully saturated rings.